The fourth-order valence-corrected chi connectivity index (χ4v) is 0.750. The Hall–Kier alpha value is -1.14. The second-order valence-corrected chi connectivity index (χ2v) is 3.09. The molecule has 3 N–H and O–H groups in total. The van der Waals surface area contributed by atoms with E-state index in [0.29, 0.717) is 5.95 Å². The van der Waals surface area contributed by atoms with Gasteiger partial charge in [0.2, 0.25) is 5.89 Å². The van der Waals surface area contributed by atoms with Crippen LogP contribution in [-0.2, 0) is 0 Å². The van der Waals surface area contributed by atoms with E-state index in [1.165, 1.54) is 0 Å². The maximum absolute atomic E-state index is 9.16. The van der Waals surface area contributed by atoms with Gasteiger partial charge in [0.15, 0.2) is 0 Å². The molecule has 0 aliphatic heterocycles. The van der Waals surface area contributed by atoms with Crippen molar-refractivity contribution < 1.29 is 9.63 Å². The van der Waals surface area contributed by atoms with E-state index in [-0.39, 0.29) is 5.89 Å². The molecule has 0 saturated carbocycles. The zero-order chi connectivity index (χ0) is 10.0. The maximum atomic E-state index is 9.16. The molecular formula is C7H14N4O2. The molecule has 2 atom stereocenters. The molecule has 2 unspecified atom stereocenters. The molecule has 1 aromatic rings. The van der Waals surface area contributed by atoms with Gasteiger partial charge in [-0.25, -0.2) is 0 Å². The van der Waals surface area contributed by atoms with Gasteiger partial charge in [-0.2, -0.15) is 4.98 Å². The van der Waals surface area contributed by atoms with Crippen LogP contribution < -0.4 is 10.6 Å². The van der Waals surface area contributed by atoms with Crippen molar-refractivity contribution in [3.8, 4) is 0 Å². The van der Waals surface area contributed by atoms with Crippen molar-refractivity contribution in [2.75, 3.05) is 19.0 Å². The van der Waals surface area contributed by atoms with E-state index in [0.717, 1.165) is 0 Å². The molecule has 13 heavy (non-hydrogen) atoms. The minimum absolute atomic E-state index is 0.249. The quantitative estimate of drug-likeness (QED) is 0.662. The van der Waals surface area contributed by atoms with E-state index in [9.17, 15) is 0 Å². The first kappa shape index (κ1) is 9.94. The van der Waals surface area contributed by atoms with Crippen molar-refractivity contribution >= 4 is 5.95 Å². The molecule has 0 radical (unpaired) electrons. The Morgan fingerprint density at radius 3 is 2.54 bits per heavy atom. The van der Waals surface area contributed by atoms with Crippen molar-refractivity contribution in [3.05, 3.63) is 5.89 Å². The number of aliphatic hydroxyl groups excluding tert-OH is 1. The van der Waals surface area contributed by atoms with Gasteiger partial charge in [0.25, 0.3) is 5.95 Å². The van der Waals surface area contributed by atoms with Crippen molar-refractivity contribution in [3.63, 3.8) is 0 Å². The maximum Gasteiger partial charge on any atom is 0.265 e. The third-order valence-electron chi connectivity index (χ3n) is 1.64. The van der Waals surface area contributed by atoms with E-state index >= 15 is 0 Å². The van der Waals surface area contributed by atoms with Crippen LogP contribution in [0.4, 0.5) is 5.95 Å². The Morgan fingerprint density at radius 2 is 2.15 bits per heavy atom. The average Bonchev–Trinajstić information content (AvgIpc) is 2.50. The fourth-order valence-electron chi connectivity index (χ4n) is 0.750. The summed E-state index contributed by atoms with van der Waals surface area (Å²) in [5, 5.41) is 12.8. The largest absolute Gasteiger partial charge is 0.391 e. The minimum Gasteiger partial charge on any atom is -0.391 e. The first-order valence-electron chi connectivity index (χ1n) is 3.97. The van der Waals surface area contributed by atoms with Crippen molar-refractivity contribution in [1.82, 2.24) is 10.1 Å². The first-order chi connectivity index (χ1) is 6.02. The molecule has 0 fully saturated rings. The van der Waals surface area contributed by atoms with Gasteiger partial charge in [0.05, 0.1) is 6.10 Å². The molecule has 6 nitrogen and oxygen atoms in total. The van der Waals surface area contributed by atoms with Crippen molar-refractivity contribution in [1.29, 1.82) is 0 Å². The molecule has 0 spiro atoms. The molecule has 1 aromatic heterocycles. The lowest BCUT2D eigenvalue weighted by Gasteiger charge is -2.08. The summed E-state index contributed by atoms with van der Waals surface area (Å²) in [6, 6.07) is -0.624. The Kier molecular flexibility index (Phi) is 2.84. The van der Waals surface area contributed by atoms with Crippen LogP contribution in [0.25, 0.3) is 0 Å². The van der Waals surface area contributed by atoms with E-state index in [4.69, 9.17) is 15.4 Å². The minimum atomic E-state index is -0.699. The molecule has 0 aliphatic carbocycles. The summed E-state index contributed by atoms with van der Waals surface area (Å²) in [5.41, 5.74) is 5.59. The molecule has 6 heteroatoms. The summed E-state index contributed by atoms with van der Waals surface area (Å²) in [4.78, 5) is 5.69. The van der Waals surface area contributed by atoms with Crippen LogP contribution >= 0.6 is 0 Å². The van der Waals surface area contributed by atoms with Crippen LogP contribution in [0.3, 0.4) is 0 Å². The van der Waals surface area contributed by atoms with E-state index in [1.807, 2.05) is 0 Å². The molecule has 0 amide bonds. The van der Waals surface area contributed by atoms with Crippen molar-refractivity contribution in [2.45, 2.75) is 19.1 Å². The van der Waals surface area contributed by atoms with Gasteiger partial charge in [0.1, 0.15) is 6.04 Å². The Bertz CT molecular complexity index is 271. The Balaban J connectivity index is 2.79. The molecule has 1 rings (SSSR count). The summed E-state index contributed by atoms with van der Waals surface area (Å²) in [7, 11) is 3.59. The molecule has 0 aromatic carbocycles. The summed E-state index contributed by atoms with van der Waals surface area (Å²) in [6.07, 6.45) is -0.699. The van der Waals surface area contributed by atoms with Crippen LogP contribution in [-0.4, -0.2) is 35.4 Å². The number of nitrogens with two attached hydrogens (primary N) is 1. The molecule has 1 heterocycles. The third-order valence-corrected chi connectivity index (χ3v) is 1.64. The number of rotatable bonds is 3. The third kappa shape index (κ3) is 2.16. The molecular weight excluding hydrogens is 172 g/mol. The van der Waals surface area contributed by atoms with Gasteiger partial charge in [0, 0.05) is 14.1 Å². The van der Waals surface area contributed by atoms with Gasteiger partial charge in [-0.15, -0.1) is 0 Å². The van der Waals surface area contributed by atoms with Gasteiger partial charge in [-0.1, -0.05) is 0 Å². The Labute approximate surface area is 76.3 Å². The zero-order valence-electron chi connectivity index (χ0n) is 7.93. The summed E-state index contributed by atoms with van der Waals surface area (Å²) in [6.45, 7) is 1.57. The molecule has 0 aliphatic rings. The number of aromatic nitrogens is 2. The van der Waals surface area contributed by atoms with Gasteiger partial charge >= 0.3 is 0 Å². The number of hydrogen-bond acceptors (Lipinski definition) is 6. The first-order valence-corrected chi connectivity index (χ1v) is 3.97. The second-order valence-electron chi connectivity index (χ2n) is 3.09. The highest BCUT2D eigenvalue weighted by atomic mass is 16.5. The predicted molar refractivity (Wildman–Crippen MR) is 47.2 cm³/mol. The lowest BCUT2D eigenvalue weighted by molar-refractivity contribution is 0.146. The summed E-state index contributed by atoms with van der Waals surface area (Å²) in [5.74, 6) is 0.699. The van der Waals surface area contributed by atoms with Gasteiger partial charge in [-0.05, 0) is 12.1 Å². The lowest BCUT2D eigenvalue weighted by Crippen LogP contribution is -2.23. The van der Waals surface area contributed by atoms with E-state index in [2.05, 4.69) is 10.1 Å². The molecule has 0 bridgehead atoms. The number of nitrogens with zero attached hydrogens (tertiary/aromatic N) is 3. The molecule has 0 saturated heterocycles. The molecule has 74 valence electrons. The second kappa shape index (κ2) is 3.71. The van der Waals surface area contributed by atoms with E-state index in [1.54, 1.807) is 25.9 Å². The Morgan fingerprint density at radius 1 is 1.54 bits per heavy atom. The fraction of sp³-hybridized carbons (Fsp3) is 0.714. The highest BCUT2D eigenvalue weighted by Crippen LogP contribution is 2.14. The van der Waals surface area contributed by atoms with Crippen LogP contribution in [0.15, 0.2) is 4.52 Å². The SMILES string of the molecule is CC(O)C(N)c1nc(N(C)C)no1. The smallest absolute Gasteiger partial charge is 0.265 e. The normalized spacial score (nSPS) is 15.5. The number of anilines is 1. The van der Waals surface area contributed by atoms with Crippen LogP contribution in [0.5, 0.6) is 0 Å². The average molecular weight is 186 g/mol. The van der Waals surface area contributed by atoms with Gasteiger partial charge in [-0.3, -0.25) is 0 Å². The number of aliphatic hydroxyl groups is 1. The highest BCUT2D eigenvalue weighted by molar-refractivity contribution is 5.24. The standard InChI is InChI=1S/C7H14N4O2/c1-4(12)5(8)6-9-7(10-13-6)11(2)3/h4-5,12H,8H2,1-3H3. The van der Waals surface area contributed by atoms with E-state index < -0.39 is 12.1 Å². The van der Waals surface area contributed by atoms with Gasteiger partial charge < -0.3 is 20.3 Å². The topological polar surface area (TPSA) is 88.4 Å². The highest BCUT2D eigenvalue weighted by Gasteiger charge is 2.19. The van der Waals surface area contributed by atoms with Crippen LogP contribution in [0, 0.1) is 0 Å². The number of hydrogen-bond donors (Lipinski definition) is 2. The predicted octanol–water partition coefficient (Wildman–Crippen LogP) is -0.484. The van der Waals surface area contributed by atoms with Crippen LogP contribution in [0.2, 0.25) is 0 Å². The zero-order valence-corrected chi connectivity index (χ0v) is 7.93. The van der Waals surface area contributed by atoms with Crippen LogP contribution in [0.1, 0.15) is 18.9 Å². The monoisotopic (exact) mass is 186 g/mol. The lowest BCUT2D eigenvalue weighted by atomic mass is 10.2. The summed E-state index contributed by atoms with van der Waals surface area (Å²) < 4.78 is 4.86. The summed E-state index contributed by atoms with van der Waals surface area (Å²) >= 11 is 0. The van der Waals surface area contributed by atoms with Crippen molar-refractivity contribution in [2.24, 2.45) is 5.73 Å².